The Bertz CT molecular complexity index is 1240. The van der Waals surface area contributed by atoms with Gasteiger partial charge in [-0.1, -0.05) is 35.5 Å². The summed E-state index contributed by atoms with van der Waals surface area (Å²) in [6.07, 6.45) is 5.40. The standard InChI is InChI=1S/C24H23N5O3/c1-16-11-20(29-32-16)15-26-21(12-17-5-3-2-4-6-17)24(31)28-22-13-19(14-27-23(22)30)18-7-9-25-10-8-18/h2-11,13-14,21,26H,12,15H2,1H3,(H,27,30)(H,28,31)/t21-/m0/s1. The zero-order valence-corrected chi connectivity index (χ0v) is 17.5. The molecule has 162 valence electrons. The van der Waals surface area contributed by atoms with E-state index in [0.717, 1.165) is 16.7 Å². The molecule has 0 aliphatic heterocycles. The van der Waals surface area contributed by atoms with Gasteiger partial charge in [0.15, 0.2) is 0 Å². The van der Waals surface area contributed by atoms with Crippen molar-refractivity contribution in [3.8, 4) is 11.1 Å². The first-order chi connectivity index (χ1) is 15.6. The summed E-state index contributed by atoms with van der Waals surface area (Å²) in [6.45, 7) is 2.17. The highest BCUT2D eigenvalue weighted by atomic mass is 16.5. The van der Waals surface area contributed by atoms with Crippen molar-refractivity contribution in [2.24, 2.45) is 0 Å². The van der Waals surface area contributed by atoms with Gasteiger partial charge in [0.2, 0.25) is 5.91 Å². The van der Waals surface area contributed by atoms with Gasteiger partial charge in [0, 0.05) is 36.8 Å². The number of carbonyl (C=O) groups is 1. The number of aromatic nitrogens is 3. The lowest BCUT2D eigenvalue weighted by Gasteiger charge is -2.18. The summed E-state index contributed by atoms with van der Waals surface area (Å²) in [5.41, 5.74) is 3.16. The van der Waals surface area contributed by atoms with E-state index in [1.54, 1.807) is 24.7 Å². The highest BCUT2D eigenvalue weighted by Gasteiger charge is 2.20. The Morgan fingerprint density at radius 3 is 2.59 bits per heavy atom. The first-order valence-corrected chi connectivity index (χ1v) is 10.2. The van der Waals surface area contributed by atoms with Crippen LogP contribution in [-0.4, -0.2) is 27.1 Å². The van der Waals surface area contributed by atoms with Gasteiger partial charge in [-0.2, -0.15) is 0 Å². The predicted molar refractivity (Wildman–Crippen MR) is 121 cm³/mol. The zero-order chi connectivity index (χ0) is 22.3. The molecule has 0 aliphatic carbocycles. The molecule has 1 atom stereocenters. The van der Waals surface area contributed by atoms with Gasteiger partial charge in [-0.05, 0) is 42.7 Å². The van der Waals surface area contributed by atoms with Crippen molar-refractivity contribution in [1.29, 1.82) is 0 Å². The molecule has 3 heterocycles. The van der Waals surface area contributed by atoms with Gasteiger partial charge in [-0.15, -0.1) is 0 Å². The Kier molecular flexibility index (Phi) is 6.52. The molecule has 4 rings (SSSR count). The molecule has 1 amide bonds. The fourth-order valence-electron chi connectivity index (χ4n) is 3.34. The van der Waals surface area contributed by atoms with Gasteiger partial charge < -0.3 is 14.8 Å². The van der Waals surface area contributed by atoms with Crippen molar-refractivity contribution in [3.63, 3.8) is 0 Å². The van der Waals surface area contributed by atoms with Gasteiger partial charge in [0.05, 0.1) is 11.7 Å². The molecular formula is C24H23N5O3. The SMILES string of the molecule is Cc1cc(CN[C@@H](Cc2ccccc2)C(=O)Nc2cc(-c3ccncc3)c[nH]c2=O)no1. The minimum Gasteiger partial charge on any atom is -0.361 e. The average Bonchev–Trinajstić information content (AvgIpc) is 3.24. The maximum atomic E-state index is 13.2. The van der Waals surface area contributed by atoms with Crippen molar-refractivity contribution in [2.75, 3.05) is 5.32 Å². The quantitative estimate of drug-likeness (QED) is 0.397. The smallest absolute Gasteiger partial charge is 0.271 e. The first kappa shape index (κ1) is 21.2. The minimum atomic E-state index is -0.585. The normalized spacial score (nSPS) is 11.8. The number of carbonyl (C=O) groups excluding carboxylic acids is 1. The van der Waals surface area contributed by atoms with Crippen LogP contribution in [0.5, 0.6) is 0 Å². The number of hydrogen-bond donors (Lipinski definition) is 3. The monoisotopic (exact) mass is 429 g/mol. The third kappa shape index (κ3) is 5.35. The molecule has 3 N–H and O–H groups in total. The number of benzene rings is 1. The first-order valence-electron chi connectivity index (χ1n) is 10.2. The molecule has 8 heteroatoms. The molecule has 0 bridgehead atoms. The van der Waals surface area contributed by atoms with Crippen molar-refractivity contribution in [2.45, 2.75) is 25.9 Å². The molecule has 4 aromatic rings. The fraction of sp³-hybridized carbons (Fsp3) is 0.167. The third-order valence-electron chi connectivity index (χ3n) is 4.98. The number of nitrogens with one attached hydrogen (secondary N) is 3. The largest absolute Gasteiger partial charge is 0.361 e. The second-order valence-electron chi connectivity index (χ2n) is 7.41. The van der Waals surface area contributed by atoms with Crippen molar-refractivity contribution in [3.05, 3.63) is 101 Å². The topological polar surface area (TPSA) is 113 Å². The molecule has 32 heavy (non-hydrogen) atoms. The molecule has 1 aromatic carbocycles. The van der Waals surface area contributed by atoms with E-state index in [2.05, 4.69) is 25.8 Å². The Morgan fingerprint density at radius 1 is 1.09 bits per heavy atom. The highest BCUT2D eigenvalue weighted by molar-refractivity contribution is 5.95. The molecule has 0 fully saturated rings. The third-order valence-corrected chi connectivity index (χ3v) is 4.98. The lowest BCUT2D eigenvalue weighted by atomic mass is 10.0. The van der Waals surface area contributed by atoms with Crippen LogP contribution in [0.1, 0.15) is 17.0 Å². The number of H-pyrrole nitrogens is 1. The van der Waals surface area contributed by atoms with Crippen LogP contribution < -0.4 is 16.2 Å². The molecule has 0 saturated carbocycles. The van der Waals surface area contributed by atoms with E-state index in [-0.39, 0.29) is 17.2 Å². The van der Waals surface area contributed by atoms with Crippen molar-refractivity contribution < 1.29 is 9.32 Å². The molecule has 0 spiro atoms. The molecule has 0 radical (unpaired) electrons. The number of aromatic amines is 1. The number of rotatable bonds is 8. The molecule has 0 saturated heterocycles. The molecule has 8 nitrogen and oxygen atoms in total. The van der Waals surface area contributed by atoms with Crippen LogP contribution in [0, 0.1) is 6.92 Å². The van der Waals surface area contributed by atoms with Crippen LogP contribution in [0.3, 0.4) is 0 Å². The van der Waals surface area contributed by atoms with Crippen LogP contribution in [0.2, 0.25) is 0 Å². The second-order valence-corrected chi connectivity index (χ2v) is 7.41. The Labute approximate surface area is 184 Å². The predicted octanol–water partition coefficient (Wildman–Crippen LogP) is 3.07. The number of aryl methyl sites for hydroxylation is 1. The maximum Gasteiger partial charge on any atom is 0.271 e. The lowest BCUT2D eigenvalue weighted by Crippen LogP contribution is -2.42. The summed E-state index contributed by atoms with van der Waals surface area (Å²) in [7, 11) is 0. The highest BCUT2D eigenvalue weighted by Crippen LogP contribution is 2.19. The van der Waals surface area contributed by atoms with Gasteiger partial charge >= 0.3 is 0 Å². The summed E-state index contributed by atoms with van der Waals surface area (Å²) >= 11 is 0. The zero-order valence-electron chi connectivity index (χ0n) is 17.5. The van der Waals surface area contributed by atoms with Crippen LogP contribution in [0.4, 0.5) is 5.69 Å². The maximum absolute atomic E-state index is 13.2. The number of pyridine rings is 2. The van der Waals surface area contributed by atoms with E-state index in [4.69, 9.17) is 4.52 Å². The summed E-state index contributed by atoms with van der Waals surface area (Å²) < 4.78 is 5.10. The fourth-order valence-corrected chi connectivity index (χ4v) is 3.34. The van der Waals surface area contributed by atoms with Crippen LogP contribution >= 0.6 is 0 Å². The van der Waals surface area contributed by atoms with E-state index in [9.17, 15) is 9.59 Å². The van der Waals surface area contributed by atoms with Crippen molar-refractivity contribution >= 4 is 11.6 Å². The van der Waals surface area contributed by atoms with Gasteiger partial charge in [-0.25, -0.2) is 0 Å². The molecule has 3 aromatic heterocycles. The van der Waals surface area contributed by atoms with E-state index in [0.29, 0.717) is 24.4 Å². The van der Waals surface area contributed by atoms with Crippen LogP contribution in [-0.2, 0) is 17.8 Å². The van der Waals surface area contributed by atoms with E-state index >= 15 is 0 Å². The minimum absolute atomic E-state index is 0.182. The molecular weight excluding hydrogens is 406 g/mol. The Morgan fingerprint density at radius 2 is 1.88 bits per heavy atom. The number of nitrogens with zero attached hydrogens (tertiary/aromatic N) is 2. The summed E-state index contributed by atoms with van der Waals surface area (Å²) in [5.74, 6) is 0.386. The summed E-state index contributed by atoms with van der Waals surface area (Å²) in [6, 6.07) is 16.2. The van der Waals surface area contributed by atoms with Crippen molar-refractivity contribution in [1.82, 2.24) is 20.4 Å². The van der Waals surface area contributed by atoms with Gasteiger partial charge in [-0.3, -0.25) is 19.9 Å². The summed E-state index contributed by atoms with van der Waals surface area (Å²) in [4.78, 5) is 32.2. The van der Waals surface area contributed by atoms with E-state index in [1.807, 2.05) is 55.5 Å². The number of hydrogen-bond acceptors (Lipinski definition) is 6. The van der Waals surface area contributed by atoms with Crippen LogP contribution in [0.15, 0.2) is 82.5 Å². The van der Waals surface area contributed by atoms with E-state index < -0.39 is 6.04 Å². The lowest BCUT2D eigenvalue weighted by molar-refractivity contribution is -0.118. The summed E-state index contributed by atoms with van der Waals surface area (Å²) in [5, 5.41) is 9.97. The van der Waals surface area contributed by atoms with Gasteiger partial charge in [0.25, 0.3) is 5.56 Å². The second kappa shape index (κ2) is 9.84. The molecule has 0 aliphatic rings. The van der Waals surface area contributed by atoms with Crippen LogP contribution in [0.25, 0.3) is 11.1 Å². The van der Waals surface area contributed by atoms with E-state index in [1.165, 1.54) is 0 Å². The Balaban J connectivity index is 1.54. The Hall–Kier alpha value is -4.04. The van der Waals surface area contributed by atoms with Gasteiger partial charge in [0.1, 0.15) is 11.4 Å². The number of amides is 1. The number of anilines is 1. The average molecular weight is 429 g/mol. The molecule has 0 unspecified atom stereocenters.